The second-order valence-corrected chi connectivity index (χ2v) is 4.31. The van der Waals surface area contributed by atoms with Gasteiger partial charge in [0.05, 0.1) is 5.69 Å². The van der Waals surface area contributed by atoms with Crippen LogP contribution in [-0.4, -0.2) is 35.3 Å². The van der Waals surface area contributed by atoms with Crippen molar-refractivity contribution in [2.24, 2.45) is 13.0 Å². The standard InChI is InChI=1S/C11H18N4O/c1-15-5-3-10(14-15)2-4-13-11(16)6-9-7-12-8-9/h3,5,9,12H,2,4,6-8H2,1H3,(H,13,16). The smallest absolute Gasteiger partial charge is 0.220 e. The molecule has 0 radical (unpaired) electrons. The summed E-state index contributed by atoms with van der Waals surface area (Å²) >= 11 is 0. The Bertz CT molecular complexity index is 357. The van der Waals surface area contributed by atoms with Crippen molar-refractivity contribution in [2.75, 3.05) is 19.6 Å². The van der Waals surface area contributed by atoms with Gasteiger partial charge in [0.25, 0.3) is 0 Å². The van der Waals surface area contributed by atoms with Crippen LogP contribution in [0.15, 0.2) is 12.3 Å². The minimum atomic E-state index is 0.155. The number of aromatic nitrogens is 2. The molecular weight excluding hydrogens is 204 g/mol. The number of hydrogen-bond donors (Lipinski definition) is 2. The van der Waals surface area contributed by atoms with Gasteiger partial charge in [0, 0.05) is 32.6 Å². The van der Waals surface area contributed by atoms with Gasteiger partial charge in [-0.1, -0.05) is 0 Å². The second kappa shape index (κ2) is 5.12. The average Bonchev–Trinajstić information content (AvgIpc) is 2.58. The van der Waals surface area contributed by atoms with Gasteiger partial charge < -0.3 is 10.6 Å². The molecule has 1 saturated heterocycles. The first-order valence-corrected chi connectivity index (χ1v) is 5.70. The van der Waals surface area contributed by atoms with Crippen molar-refractivity contribution in [1.29, 1.82) is 0 Å². The monoisotopic (exact) mass is 222 g/mol. The Kier molecular flexibility index (Phi) is 3.56. The summed E-state index contributed by atoms with van der Waals surface area (Å²) in [6, 6.07) is 1.97. The largest absolute Gasteiger partial charge is 0.356 e. The lowest BCUT2D eigenvalue weighted by molar-refractivity contribution is -0.122. The van der Waals surface area contributed by atoms with Gasteiger partial charge in [0.15, 0.2) is 0 Å². The minimum absolute atomic E-state index is 0.155. The van der Waals surface area contributed by atoms with Gasteiger partial charge in [-0.05, 0) is 25.1 Å². The predicted octanol–water partition coefficient (Wildman–Crippen LogP) is -0.312. The Morgan fingerprint density at radius 2 is 2.50 bits per heavy atom. The van der Waals surface area contributed by atoms with Gasteiger partial charge >= 0.3 is 0 Å². The molecule has 2 N–H and O–H groups in total. The van der Waals surface area contributed by atoms with Crippen molar-refractivity contribution < 1.29 is 4.79 Å². The molecule has 0 unspecified atom stereocenters. The van der Waals surface area contributed by atoms with E-state index >= 15 is 0 Å². The summed E-state index contributed by atoms with van der Waals surface area (Å²) in [5, 5.41) is 10.3. The second-order valence-electron chi connectivity index (χ2n) is 4.31. The predicted molar refractivity (Wildman–Crippen MR) is 60.9 cm³/mol. The Labute approximate surface area is 95.2 Å². The van der Waals surface area contributed by atoms with E-state index < -0.39 is 0 Å². The number of hydrogen-bond acceptors (Lipinski definition) is 3. The van der Waals surface area contributed by atoms with Crippen LogP contribution in [0.2, 0.25) is 0 Å². The molecule has 5 heteroatoms. The van der Waals surface area contributed by atoms with Gasteiger partial charge in [-0.15, -0.1) is 0 Å². The van der Waals surface area contributed by atoms with E-state index in [1.807, 2.05) is 19.3 Å². The number of rotatable bonds is 5. The lowest BCUT2D eigenvalue weighted by atomic mass is 9.99. The molecule has 1 fully saturated rings. The first kappa shape index (κ1) is 11.1. The maximum absolute atomic E-state index is 11.5. The molecule has 1 aliphatic rings. The highest BCUT2D eigenvalue weighted by atomic mass is 16.1. The third-order valence-electron chi connectivity index (χ3n) is 2.81. The topological polar surface area (TPSA) is 59.0 Å². The number of carbonyl (C=O) groups is 1. The van der Waals surface area contributed by atoms with Crippen molar-refractivity contribution in [1.82, 2.24) is 20.4 Å². The molecule has 1 aliphatic heterocycles. The summed E-state index contributed by atoms with van der Waals surface area (Å²) in [5.41, 5.74) is 1.02. The third-order valence-corrected chi connectivity index (χ3v) is 2.81. The van der Waals surface area contributed by atoms with E-state index in [-0.39, 0.29) is 5.91 Å². The summed E-state index contributed by atoms with van der Waals surface area (Å²) in [7, 11) is 1.89. The van der Waals surface area contributed by atoms with Crippen LogP contribution >= 0.6 is 0 Å². The fourth-order valence-corrected chi connectivity index (χ4v) is 1.75. The Hall–Kier alpha value is -1.36. The van der Waals surface area contributed by atoms with E-state index in [0.29, 0.717) is 18.9 Å². The van der Waals surface area contributed by atoms with Gasteiger partial charge in [0.2, 0.25) is 5.91 Å². The lowest BCUT2D eigenvalue weighted by Gasteiger charge is -2.26. The average molecular weight is 222 g/mol. The third kappa shape index (κ3) is 3.06. The summed E-state index contributed by atoms with van der Waals surface area (Å²) in [4.78, 5) is 11.5. The van der Waals surface area contributed by atoms with E-state index in [9.17, 15) is 4.79 Å². The van der Waals surface area contributed by atoms with Crippen molar-refractivity contribution in [3.05, 3.63) is 18.0 Å². The van der Waals surface area contributed by atoms with Crippen molar-refractivity contribution >= 4 is 5.91 Å². The normalized spacial score (nSPS) is 15.8. The highest BCUT2D eigenvalue weighted by Crippen LogP contribution is 2.07. The SMILES string of the molecule is Cn1ccc(CCNC(=O)CC2CNC2)n1. The molecule has 2 rings (SSSR count). The Morgan fingerprint density at radius 3 is 3.06 bits per heavy atom. The fraction of sp³-hybridized carbons (Fsp3) is 0.636. The molecule has 88 valence electrons. The highest BCUT2D eigenvalue weighted by Gasteiger charge is 2.19. The fourth-order valence-electron chi connectivity index (χ4n) is 1.75. The van der Waals surface area contributed by atoms with Crippen LogP contribution in [0.3, 0.4) is 0 Å². The van der Waals surface area contributed by atoms with Gasteiger partial charge in [0.1, 0.15) is 0 Å². The maximum Gasteiger partial charge on any atom is 0.220 e. The van der Waals surface area contributed by atoms with Crippen LogP contribution in [0.5, 0.6) is 0 Å². The van der Waals surface area contributed by atoms with Gasteiger partial charge in [-0.25, -0.2) is 0 Å². The van der Waals surface area contributed by atoms with E-state index in [4.69, 9.17) is 0 Å². The number of carbonyl (C=O) groups excluding carboxylic acids is 1. The molecule has 16 heavy (non-hydrogen) atoms. The molecule has 2 heterocycles. The minimum Gasteiger partial charge on any atom is -0.356 e. The van der Waals surface area contributed by atoms with Crippen LogP contribution in [0.1, 0.15) is 12.1 Å². The van der Waals surface area contributed by atoms with E-state index in [2.05, 4.69) is 15.7 Å². The summed E-state index contributed by atoms with van der Waals surface area (Å²) in [6.07, 6.45) is 3.36. The summed E-state index contributed by atoms with van der Waals surface area (Å²) in [5.74, 6) is 0.692. The molecule has 1 aromatic rings. The highest BCUT2D eigenvalue weighted by molar-refractivity contribution is 5.76. The number of aryl methyl sites for hydroxylation is 1. The first-order chi connectivity index (χ1) is 7.74. The van der Waals surface area contributed by atoms with Crippen LogP contribution in [0, 0.1) is 5.92 Å². The van der Waals surface area contributed by atoms with Crippen LogP contribution in [0.4, 0.5) is 0 Å². The molecule has 0 atom stereocenters. The van der Waals surface area contributed by atoms with E-state index in [1.54, 1.807) is 4.68 Å². The molecule has 0 spiro atoms. The molecular formula is C11H18N4O. The van der Waals surface area contributed by atoms with Crippen molar-refractivity contribution in [3.63, 3.8) is 0 Å². The quantitative estimate of drug-likeness (QED) is 0.718. The molecule has 0 aromatic carbocycles. The molecule has 0 saturated carbocycles. The molecule has 5 nitrogen and oxygen atoms in total. The number of nitrogens with one attached hydrogen (secondary N) is 2. The molecule has 0 aliphatic carbocycles. The lowest BCUT2D eigenvalue weighted by Crippen LogP contribution is -2.44. The summed E-state index contributed by atoms with van der Waals surface area (Å²) in [6.45, 7) is 2.64. The van der Waals surface area contributed by atoms with Crippen LogP contribution in [0.25, 0.3) is 0 Å². The molecule has 1 aromatic heterocycles. The zero-order valence-corrected chi connectivity index (χ0v) is 9.57. The first-order valence-electron chi connectivity index (χ1n) is 5.70. The molecule has 0 bridgehead atoms. The Balaban J connectivity index is 1.61. The van der Waals surface area contributed by atoms with Crippen LogP contribution < -0.4 is 10.6 Å². The Morgan fingerprint density at radius 1 is 1.69 bits per heavy atom. The molecule has 1 amide bonds. The van der Waals surface area contributed by atoms with Gasteiger partial charge in [-0.3, -0.25) is 9.48 Å². The van der Waals surface area contributed by atoms with Crippen molar-refractivity contribution in [3.8, 4) is 0 Å². The summed E-state index contributed by atoms with van der Waals surface area (Å²) < 4.78 is 1.77. The van der Waals surface area contributed by atoms with Crippen molar-refractivity contribution in [2.45, 2.75) is 12.8 Å². The maximum atomic E-state index is 11.5. The number of amides is 1. The van der Waals surface area contributed by atoms with Gasteiger partial charge in [-0.2, -0.15) is 5.10 Å². The van der Waals surface area contributed by atoms with E-state index in [1.165, 1.54) is 0 Å². The van der Waals surface area contributed by atoms with E-state index in [0.717, 1.165) is 25.2 Å². The zero-order chi connectivity index (χ0) is 11.4. The van der Waals surface area contributed by atoms with Crippen LogP contribution in [-0.2, 0) is 18.3 Å². The zero-order valence-electron chi connectivity index (χ0n) is 9.57. The number of nitrogens with zero attached hydrogens (tertiary/aromatic N) is 2.